The van der Waals surface area contributed by atoms with E-state index in [-0.39, 0.29) is 12.4 Å². The lowest BCUT2D eigenvalue weighted by Gasteiger charge is -2.15. The van der Waals surface area contributed by atoms with Crippen molar-refractivity contribution in [3.63, 3.8) is 0 Å². The molecule has 1 rings (SSSR count). The van der Waals surface area contributed by atoms with Crippen molar-refractivity contribution in [2.24, 2.45) is 5.73 Å². The topological polar surface area (TPSA) is 87.9 Å². The van der Waals surface area contributed by atoms with E-state index in [1.807, 2.05) is 0 Å². The van der Waals surface area contributed by atoms with Crippen LogP contribution >= 0.6 is 18.2 Å². The van der Waals surface area contributed by atoms with Gasteiger partial charge in [-0.25, -0.2) is 9.36 Å². The van der Waals surface area contributed by atoms with Gasteiger partial charge in [-0.05, 0) is 18.6 Å². The Morgan fingerprint density at radius 2 is 2.00 bits per heavy atom. The SMILES string of the molecule is CCCCCOC[C@H](N)C(=O)OP(=O)(Cl)Oc1ccccc1. The second-order valence-electron chi connectivity index (χ2n) is 4.63. The van der Waals surface area contributed by atoms with Gasteiger partial charge >= 0.3 is 12.9 Å². The third kappa shape index (κ3) is 7.80. The van der Waals surface area contributed by atoms with Crippen LogP contribution in [0.1, 0.15) is 26.2 Å². The third-order valence-corrected chi connectivity index (χ3v) is 3.89. The van der Waals surface area contributed by atoms with E-state index in [1.165, 1.54) is 0 Å². The number of benzene rings is 1. The number of hydrogen-bond donors (Lipinski definition) is 1. The molecule has 0 saturated carbocycles. The molecule has 6 nitrogen and oxygen atoms in total. The lowest BCUT2D eigenvalue weighted by atomic mass is 10.3. The van der Waals surface area contributed by atoms with Crippen LogP contribution in [0, 0.1) is 0 Å². The second kappa shape index (κ2) is 9.85. The van der Waals surface area contributed by atoms with Gasteiger partial charge in [0.25, 0.3) is 0 Å². The maximum absolute atomic E-state index is 11.9. The molecule has 0 aromatic heterocycles. The van der Waals surface area contributed by atoms with Crippen LogP contribution in [0.25, 0.3) is 0 Å². The molecule has 0 heterocycles. The predicted octanol–water partition coefficient (Wildman–Crippen LogP) is 3.49. The Kier molecular flexibility index (Phi) is 8.49. The molecular formula is C14H21ClNO5P. The van der Waals surface area contributed by atoms with Gasteiger partial charge in [0.05, 0.1) is 6.61 Å². The van der Waals surface area contributed by atoms with E-state index < -0.39 is 19.0 Å². The smallest absolute Gasteiger partial charge is 0.405 e. The number of halogens is 1. The minimum atomic E-state index is -4.09. The molecule has 0 saturated heterocycles. The van der Waals surface area contributed by atoms with Crippen molar-refractivity contribution in [1.82, 2.24) is 0 Å². The Hall–Kier alpha value is -1.07. The summed E-state index contributed by atoms with van der Waals surface area (Å²) >= 11 is 5.61. The lowest BCUT2D eigenvalue weighted by Crippen LogP contribution is -2.36. The summed E-state index contributed by atoms with van der Waals surface area (Å²) in [5.74, 6) is -0.692. The molecular weight excluding hydrogens is 329 g/mol. The van der Waals surface area contributed by atoms with Gasteiger partial charge in [0, 0.05) is 17.8 Å². The molecule has 22 heavy (non-hydrogen) atoms. The summed E-state index contributed by atoms with van der Waals surface area (Å²) in [6.45, 7) is -1.53. The number of para-hydroxylation sites is 1. The van der Waals surface area contributed by atoms with Gasteiger partial charge < -0.3 is 19.5 Å². The first-order chi connectivity index (χ1) is 10.4. The first kappa shape index (κ1) is 19.0. The third-order valence-electron chi connectivity index (χ3n) is 2.65. The van der Waals surface area contributed by atoms with Crippen LogP contribution in [0.2, 0.25) is 0 Å². The largest absolute Gasteiger partial charge is 0.532 e. The molecule has 0 bridgehead atoms. The van der Waals surface area contributed by atoms with Gasteiger partial charge in [-0.3, -0.25) is 0 Å². The number of ether oxygens (including phenoxy) is 1. The van der Waals surface area contributed by atoms with Crippen molar-refractivity contribution in [1.29, 1.82) is 0 Å². The van der Waals surface area contributed by atoms with Gasteiger partial charge in [0.2, 0.25) is 0 Å². The Bertz CT molecular complexity index is 499. The quantitative estimate of drug-likeness (QED) is 0.514. The van der Waals surface area contributed by atoms with Crippen LogP contribution in [-0.2, 0) is 18.6 Å². The molecule has 0 aliphatic rings. The van der Waals surface area contributed by atoms with Crippen LogP contribution in [0.5, 0.6) is 5.75 Å². The maximum atomic E-state index is 11.9. The van der Waals surface area contributed by atoms with Crippen molar-refractivity contribution in [3.8, 4) is 5.75 Å². The van der Waals surface area contributed by atoms with Gasteiger partial charge in [-0.1, -0.05) is 38.0 Å². The highest BCUT2D eigenvalue weighted by molar-refractivity contribution is 7.82. The van der Waals surface area contributed by atoms with Gasteiger partial charge in [-0.2, -0.15) is 0 Å². The summed E-state index contributed by atoms with van der Waals surface area (Å²) < 4.78 is 26.8. The molecule has 1 aromatic carbocycles. The molecule has 124 valence electrons. The molecule has 1 unspecified atom stereocenters. The standard InChI is InChI=1S/C14H21ClNO5P/c1-2-3-7-10-19-11-13(16)14(17)21-22(15,18)20-12-8-5-4-6-9-12/h4-6,8-9,13H,2-3,7,10-11,16H2,1H3/t13-,22?/m0/s1. The monoisotopic (exact) mass is 349 g/mol. The number of rotatable bonds is 10. The van der Waals surface area contributed by atoms with Crippen LogP contribution < -0.4 is 10.3 Å². The molecule has 1 aromatic rings. The number of unbranched alkanes of at least 4 members (excludes halogenated alkanes) is 2. The van der Waals surface area contributed by atoms with Gasteiger partial charge in [0.15, 0.2) is 0 Å². The predicted molar refractivity (Wildman–Crippen MR) is 84.9 cm³/mol. The van der Waals surface area contributed by atoms with E-state index in [2.05, 4.69) is 11.4 Å². The molecule has 0 amide bonds. The van der Waals surface area contributed by atoms with Crippen molar-refractivity contribution in [3.05, 3.63) is 30.3 Å². The van der Waals surface area contributed by atoms with Crippen LogP contribution in [0.3, 0.4) is 0 Å². The van der Waals surface area contributed by atoms with Gasteiger partial charge in [0.1, 0.15) is 11.8 Å². The molecule has 0 radical (unpaired) electrons. The lowest BCUT2D eigenvalue weighted by molar-refractivity contribution is -0.137. The summed E-state index contributed by atoms with van der Waals surface area (Å²) in [6.07, 6.45) is 3.01. The highest BCUT2D eigenvalue weighted by atomic mass is 35.7. The number of carbonyl (C=O) groups excluding carboxylic acids is 1. The fourth-order valence-electron chi connectivity index (χ4n) is 1.53. The average Bonchev–Trinajstić information content (AvgIpc) is 2.46. The van der Waals surface area contributed by atoms with E-state index in [0.29, 0.717) is 6.61 Å². The van der Waals surface area contributed by atoms with Crippen LogP contribution in [-0.4, -0.2) is 25.2 Å². The van der Waals surface area contributed by atoms with E-state index in [1.54, 1.807) is 30.3 Å². The number of carbonyl (C=O) groups is 1. The molecule has 0 aliphatic heterocycles. The van der Waals surface area contributed by atoms with E-state index in [9.17, 15) is 9.36 Å². The fraction of sp³-hybridized carbons (Fsp3) is 0.500. The molecule has 2 N–H and O–H groups in total. The highest BCUT2D eigenvalue weighted by Gasteiger charge is 2.30. The number of hydrogen-bond acceptors (Lipinski definition) is 6. The fourth-order valence-corrected chi connectivity index (χ4v) is 2.74. The Morgan fingerprint density at radius 1 is 1.32 bits per heavy atom. The first-order valence-corrected chi connectivity index (χ1v) is 9.50. The van der Waals surface area contributed by atoms with E-state index >= 15 is 0 Å². The summed E-state index contributed by atoms with van der Waals surface area (Å²) in [4.78, 5) is 11.7. The zero-order valence-corrected chi connectivity index (χ0v) is 14.1. The van der Waals surface area contributed by atoms with Crippen molar-refractivity contribution in [2.75, 3.05) is 13.2 Å². The van der Waals surface area contributed by atoms with E-state index in [4.69, 9.17) is 26.2 Å². The maximum Gasteiger partial charge on any atom is 0.532 e. The van der Waals surface area contributed by atoms with Crippen molar-refractivity contribution < 1.29 is 23.1 Å². The number of nitrogens with two attached hydrogens (primary N) is 1. The van der Waals surface area contributed by atoms with Crippen LogP contribution in [0.4, 0.5) is 0 Å². The normalized spacial score (nSPS) is 14.9. The van der Waals surface area contributed by atoms with E-state index in [0.717, 1.165) is 19.3 Å². The first-order valence-electron chi connectivity index (χ1n) is 7.05. The Morgan fingerprint density at radius 3 is 2.64 bits per heavy atom. The summed E-state index contributed by atoms with van der Waals surface area (Å²) in [5.41, 5.74) is 5.60. The molecule has 0 spiro atoms. The van der Waals surface area contributed by atoms with Crippen LogP contribution in [0.15, 0.2) is 30.3 Å². The van der Waals surface area contributed by atoms with Crippen molar-refractivity contribution >= 4 is 24.2 Å². The molecule has 0 fully saturated rings. The second-order valence-corrected chi connectivity index (χ2v) is 7.10. The molecule has 2 atom stereocenters. The Labute approximate surface area is 135 Å². The minimum Gasteiger partial charge on any atom is -0.405 e. The highest BCUT2D eigenvalue weighted by Crippen LogP contribution is 2.53. The zero-order chi connectivity index (χ0) is 16.4. The van der Waals surface area contributed by atoms with Gasteiger partial charge in [-0.15, -0.1) is 0 Å². The molecule has 8 heteroatoms. The van der Waals surface area contributed by atoms with Crippen molar-refractivity contribution in [2.45, 2.75) is 32.2 Å². The summed E-state index contributed by atoms with van der Waals surface area (Å²) in [7, 11) is 0. The summed E-state index contributed by atoms with van der Waals surface area (Å²) in [5, 5.41) is 0. The molecule has 0 aliphatic carbocycles. The summed E-state index contributed by atoms with van der Waals surface area (Å²) in [6, 6.07) is 7.12. The Balaban J connectivity index is 2.37. The average molecular weight is 350 g/mol. The zero-order valence-electron chi connectivity index (χ0n) is 12.4. The minimum absolute atomic E-state index is 0.0230.